The number of para-hydroxylation sites is 1. The number of nitrogens with one attached hydrogen (secondary N) is 3. The van der Waals surface area contributed by atoms with Gasteiger partial charge in [0.1, 0.15) is 23.7 Å². The normalized spacial score (nSPS) is 13.2. The Kier molecular flexibility index (Phi) is 9.93. The number of anilines is 2. The highest BCUT2D eigenvalue weighted by molar-refractivity contribution is 6.16. The fourth-order valence-electron chi connectivity index (χ4n) is 4.65. The minimum absolute atomic E-state index is 0.232. The standard InChI is InChI=1S/C27H27N7O.C5H10/c28-24(23-25(29)31-16-32-26(23)33-20-6-2-3-7-20)19-11-9-17(10-12-19)15-30-27(35)22-14-13-18-5-1-4-8-21(18)34-22;1-3-5-4-2/h1,4-5,8-14,16,20,28H,2-3,6-7,15H2,(H,30,35)(H3,29,31,32,33);3,5H,4H2,1-2H3/b;5-3-. The molecule has 4 aromatic rings. The van der Waals surface area contributed by atoms with E-state index in [1.165, 1.54) is 19.2 Å². The lowest BCUT2D eigenvalue weighted by Crippen LogP contribution is -2.23. The number of hydrogen-bond acceptors (Lipinski definition) is 7. The largest absolute Gasteiger partial charge is 0.383 e. The lowest BCUT2D eigenvalue weighted by molar-refractivity contribution is 0.0946. The maximum Gasteiger partial charge on any atom is 0.270 e. The first-order valence-corrected chi connectivity index (χ1v) is 13.8. The summed E-state index contributed by atoms with van der Waals surface area (Å²) in [6, 6.07) is 19.2. The number of hydrogen-bond donors (Lipinski definition) is 4. The molecule has 206 valence electrons. The fraction of sp³-hybridized carbons (Fsp3) is 0.281. The van der Waals surface area contributed by atoms with Crippen LogP contribution < -0.4 is 16.4 Å². The van der Waals surface area contributed by atoms with E-state index in [9.17, 15) is 4.79 Å². The Morgan fingerprint density at radius 2 is 1.80 bits per heavy atom. The van der Waals surface area contributed by atoms with Gasteiger partial charge in [0.05, 0.1) is 16.8 Å². The number of aromatic nitrogens is 3. The molecule has 8 nitrogen and oxygen atoms in total. The second kappa shape index (κ2) is 14.0. The lowest BCUT2D eigenvalue weighted by Gasteiger charge is -2.17. The number of pyridine rings is 1. The Bertz CT molecular complexity index is 1470. The topological polar surface area (TPSA) is 130 Å². The van der Waals surface area contributed by atoms with Crippen molar-refractivity contribution in [3.8, 4) is 0 Å². The van der Waals surface area contributed by atoms with E-state index in [4.69, 9.17) is 11.1 Å². The molecule has 1 amide bonds. The molecule has 2 aromatic carbocycles. The third-order valence-corrected chi connectivity index (χ3v) is 6.82. The molecule has 0 aliphatic heterocycles. The van der Waals surface area contributed by atoms with E-state index >= 15 is 0 Å². The number of fused-ring (bicyclic) bond motifs is 1. The summed E-state index contributed by atoms with van der Waals surface area (Å²) in [4.78, 5) is 25.5. The molecular weight excluding hydrogens is 498 g/mol. The van der Waals surface area contributed by atoms with Gasteiger partial charge in [-0.05, 0) is 43.9 Å². The molecule has 40 heavy (non-hydrogen) atoms. The average molecular weight is 536 g/mol. The molecule has 1 saturated carbocycles. The van der Waals surface area contributed by atoms with Gasteiger partial charge in [0.25, 0.3) is 5.91 Å². The van der Waals surface area contributed by atoms with Gasteiger partial charge in [-0.25, -0.2) is 15.0 Å². The number of benzene rings is 2. The van der Waals surface area contributed by atoms with E-state index in [0.29, 0.717) is 35.2 Å². The quantitative estimate of drug-likeness (QED) is 0.155. The van der Waals surface area contributed by atoms with Gasteiger partial charge in [-0.15, -0.1) is 0 Å². The molecule has 0 bridgehead atoms. The van der Waals surface area contributed by atoms with Gasteiger partial charge < -0.3 is 16.4 Å². The number of allylic oxidation sites excluding steroid dienone is 2. The van der Waals surface area contributed by atoms with E-state index in [2.05, 4.69) is 44.7 Å². The van der Waals surface area contributed by atoms with E-state index in [0.717, 1.165) is 35.7 Å². The van der Waals surface area contributed by atoms with Crippen LogP contribution in [0.4, 0.5) is 11.6 Å². The van der Waals surface area contributed by atoms with E-state index in [1.54, 1.807) is 6.07 Å². The molecule has 1 aliphatic rings. The van der Waals surface area contributed by atoms with Gasteiger partial charge in [0.15, 0.2) is 0 Å². The Labute approximate surface area is 235 Å². The van der Waals surface area contributed by atoms with Crippen LogP contribution in [0.5, 0.6) is 0 Å². The average Bonchev–Trinajstić information content (AvgIpc) is 3.50. The van der Waals surface area contributed by atoms with Gasteiger partial charge in [-0.1, -0.05) is 80.4 Å². The Morgan fingerprint density at radius 3 is 2.50 bits per heavy atom. The smallest absolute Gasteiger partial charge is 0.270 e. The van der Waals surface area contributed by atoms with Crippen LogP contribution in [0.25, 0.3) is 10.9 Å². The van der Waals surface area contributed by atoms with Gasteiger partial charge in [-0.2, -0.15) is 0 Å². The minimum atomic E-state index is -0.232. The molecule has 0 spiro atoms. The van der Waals surface area contributed by atoms with Crippen LogP contribution in [-0.2, 0) is 6.54 Å². The summed E-state index contributed by atoms with van der Waals surface area (Å²) in [5, 5.41) is 16.1. The molecule has 2 heterocycles. The highest BCUT2D eigenvalue weighted by Gasteiger charge is 2.21. The van der Waals surface area contributed by atoms with Crippen molar-refractivity contribution in [3.05, 3.63) is 102 Å². The maximum atomic E-state index is 12.6. The third-order valence-electron chi connectivity index (χ3n) is 6.82. The van der Waals surface area contributed by atoms with Crippen LogP contribution in [0.15, 0.2) is 79.1 Å². The molecule has 0 unspecified atom stereocenters. The van der Waals surface area contributed by atoms with Crippen LogP contribution in [0.3, 0.4) is 0 Å². The van der Waals surface area contributed by atoms with Crippen LogP contribution >= 0.6 is 0 Å². The summed E-state index contributed by atoms with van der Waals surface area (Å²) in [7, 11) is 0. The number of amides is 1. The van der Waals surface area contributed by atoms with Crippen molar-refractivity contribution in [2.75, 3.05) is 11.1 Å². The summed E-state index contributed by atoms with van der Waals surface area (Å²) in [5.74, 6) is 0.655. The number of carbonyl (C=O) groups excluding carboxylic acids is 1. The molecule has 0 radical (unpaired) electrons. The van der Waals surface area contributed by atoms with Crippen LogP contribution in [0, 0.1) is 5.41 Å². The van der Waals surface area contributed by atoms with Crippen molar-refractivity contribution in [1.29, 1.82) is 5.41 Å². The van der Waals surface area contributed by atoms with Gasteiger partial charge >= 0.3 is 0 Å². The van der Waals surface area contributed by atoms with E-state index < -0.39 is 0 Å². The molecule has 1 aliphatic carbocycles. The monoisotopic (exact) mass is 535 g/mol. The summed E-state index contributed by atoms with van der Waals surface area (Å²) in [5.41, 5.74) is 9.71. The Morgan fingerprint density at radius 1 is 1.05 bits per heavy atom. The summed E-state index contributed by atoms with van der Waals surface area (Å²) in [6.07, 6.45) is 11.3. The summed E-state index contributed by atoms with van der Waals surface area (Å²) in [6.45, 7) is 4.51. The molecule has 0 saturated heterocycles. The maximum absolute atomic E-state index is 12.6. The summed E-state index contributed by atoms with van der Waals surface area (Å²) >= 11 is 0. The van der Waals surface area contributed by atoms with Crippen LogP contribution in [-0.4, -0.2) is 32.6 Å². The van der Waals surface area contributed by atoms with Crippen molar-refractivity contribution in [2.24, 2.45) is 0 Å². The second-order valence-corrected chi connectivity index (χ2v) is 9.73. The zero-order valence-electron chi connectivity index (χ0n) is 23.2. The van der Waals surface area contributed by atoms with Crippen molar-refractivity contribution in [2.45, 2.75) is 58.5 Å². The van der Waals surface area contributed by atoms with Gasteiger partial charge in [-0.3, -0.25) is 10.2 Å². The third kappa shape index (κ3) is 7.28. The van der Waals surface area contributed by atoms with Crippen LogP contribution in [0.2, 0.25) is 0 Å². The Balaban J connectivity index is 0.000000681. The lowest BCUT2D eigenvalue weighted by atomic mass is 10.0. The molecule has 1 fully saturated rings. The number of carbonyl (C=O) groups is 1. The second-order valence-electron chi connectivity index (χ2n) is 9.73. The van der Waals surface area contributed by atoms with Gasteiger partial charge in [0.2, 0.25) is 0 Å². The molecule has 0 atom stereocenters. The molecular formula is C32H37N7O. The minimum Gasteiger partial charge on any atom is -0.383 e. The molecule has 8 heteroatoms. The number of nitrogens with zero attached hydrogens (tertiary/aromatic N) is 3. The highest BCUT2D eigenvalue weighted by atomic mass is 16.1. The van der Waals surface area contributed by atoms with E-state index in [1.807, 2.05) is 61.5 Å². The first-order chi connectivity index (χ1) is 19.5. The summed E-state index contributed by atoms with van der Waals surface area (Å²) < 4.78 is 0. The molecule has 5 N–H and O–H groups in total. The zero-order chi connectivity index (χ0) is 28.3. The predicted molar refractivity (Wildman–Crippen MR) is 163 cm³/mol. The first-order valence-electron chi connectivity index (χ1n) is 13.8. The fourth-order valence-corrected chi connectivity index (χ4v) is 4.65. The molecule has 5 rings (SSSR count). The van der Waals surface area contributed by atoms with Crippen molar-refractivity contribution in [1.82, 2.24) is 20.3 Å². The van der Waals surface area contributed by atoms with Crippen molar-refractivity contribution in [3.63, 3.8) is 0 Å². The number of nitrogen functional groups attached to an aromatic ring is 1. The van der Waals surface area contributed by atoms with E-state index in [-0.39, 0.29) is 17.4 Å². The first kappa shape index (κ1) is 28.4. The predicted octanol–water partition coefficient (Wildman–Crippen LogP) is 6.28. The van der Waals surface area contributed by atoms with Crippen molar-refractivity contribution < 1.29 is 4.79 Å². The zero-order valence-corrected chi connectivity index (χ0v) is 23.2. The number of rotatable bonds is 8. The number of nitrogens with two attached hydrogens (primary N) is 1. The van der Waals surface area contributed by atoms with Crippen molar-refractivity contribution >= 4 is 34.2 Å². The Hall–Kier alpha value is -4.59. The van der Waals surface area contributed by atoms with Gasteiger partial charge in [0, 0.05) is 23.5 Å². The SMILES string of the molecule is C/C=C\CC.N=C(c1ccc(CNC(=O)c2ccc3ccccc3n2)cc1)c1c(N)ncnc1NC1CCCC1. The molecule has 2 aromatic heterocycles. The highest BCUT2D eigenvalue weighted by Crippen LogP contribution is 2.26. The van der Waals surface area contributed by atoms with Crippen LogP contribution in [0.1, 0.15) is 73.1 Å².